The molecule has 0 aromatic carbocycles. The summed E-state index contributed by atoms with van der Waals surface area (Å²) in [7, 11) is 1.81. The molecule has 0 bridgehead atoms. The molecule has 0 saturated carbocycles. The highest BCUT2D eigenvalue weighted by molar-refractivity contribution is 5.97. The summed E-state index contributed by atoms with van der Waals surface area (Å²) in [5, 5.41) is 4.08. The maximum Gasteiger partial charge on any atom is 0.274 e. The van der Waals surface area contributed by atoms with E-state index in [0.29, 0.717) is 17.9 Å². The Kier molecular flexibility index (Phi) is 5.00. The molecule has 0 spiro atoms. The molecule has 1 amide bonds. The third-order valence-electron chi connectivity index (χ3n) is 2.81. The van der Waals surface area contributed by atoms with Gasteiger partial charge in [-0.2, -0.15) is 5.10 Å². The number of nitrogens with two attached hydrogens (primary N) is 1. The summed E-state index contributed by atoms with van der Waals surface area (Å²) < 4.78 is 1.65. The molecule has 1 aromatic rings. The number of hydrogen-bond acceptors (Lipinski definition) is 3. The number of carbonyl (C=O) groups excluding carboxylic acids is 1. The van der Waals surface area contributed by atoms with E-state index in [0.717, 1.165) is 25.8 Å². The van der Waals surface area contributed by atoms with Crippen molar-refractivity contribution in [3.8, 4) is 0 Å². The fourth-order valence-corrected chi connectivity index (χ4v) is 1.75. The fraction of sp³-hybridized carbons (Fsp3) is 0.667. The quantitative estimate of drug-likeness (QED) is 0.768. The molecular formula is C12H22N4O. The van der Waals surface area contributed by atoms with Crippen molar-refractivity contribution in [3.05, 3.63) is 11.9 Å². The lowest BCUT2D eigenvalue weighted by molar-refractivity contribution is 0.0781. The van der Waals surface area contributed by atoms with Gasteiger partial charge in [0.25, 0.3) is 5.91 Å². The molecule has 1 heterocycles. The normalized spacial score (nSPS) is 10.5. The Labute approximate surface area is 103 Å². The number of aryl methyl sites for hydroxylation is 1. The number of nitrogen functional groups attached to an aromatic ring is 1. The molecule has 0 atom stereocenters. The van der Waals surface area contributed by atoms with Crippen LogP contribution in [0.2, 0.25) is 0 Å². The minimum absolute atomic E-state index is 0.0436. The van der Waals surface area contributed by atoms with Crippen LogP contribution in [0.1, 0.15) is 43.6 Å². The van der Waals surface area contributed by atoms with Gasteiger partial charge in [-0.05, 0) is 13.3 Å². The highest BCUT2D eigenvalue weighted by atomic mass is 16.2. The highest BCUT2D eigenvalue weighted by Gasteiger charge is 2.19. The van der Waals surface area contributed by atoms with Crippen molar-refractivity contribution in [3.63, 3.8) is 0 Å². The summed E-state index contributed by atoms with van der Waals surface area (Å²) in [6.45, 7) is 5.51. The first-order chi connectivity index (χ1) is 8.11. The van der Waals surface area contributed by atoms with Gasteiger partial charge in [-0.25, -0.2) is 0 Å². The van der Waals surface area contributed by atoms with Gasteiger partial charge in [0.15, 0.2) is 0 Å². The van der Waals surface area contributed by atoms with Crippen molar-refractivity contribution in [2.45, 2.75) is 39.7 Å². The summed E-state index contributed by atoms with van der Waals surface area (Å²) in [6.07, 6.45) is 4.85. The number of unbranched alkanes of at least 4 members (excludes halogenated alkanes) is 2. The molecule has 1 aromatic heterocycles. The average Bonchev–Trinajstić information content (AvgIpc) is 2.69. The highest BCUT2D eigenvalue weighted by Crippen LogP contribution is 2.13. The SMILES string of the molecule is CCCCCN(C)C(=O)c1c(N)cnn1CC. The smallest absolute Gasteiger partial charge is 0.274 e. The summed E-state index contributed by atoms with van der Waals surface area (Å²) in [4.78, 5) is 13.9. The van der Waals surface area contributed by atoms with E-state index in [-0.39, 0.29) is 5.91 Å². The number of nitrogens with zero attached hydrogens (tertiary/aromatic N) is 3. The van der Waals surface area contributed by atoms with E-state index in [9.17, 15) is 4.79 Å². The molecule has 96 valence electrons. The van der Waals surface area contributed by atoms with Gasteiger partial charge in [0.2, 0.25) is 0 Å². The molecule has 5 nitrogen and oxygen atoms in total. The molecule has 0 aliphatic carbocycles. The zero-order valence-corrected chi connectivity index (χ0v) is 10.9. The molecule has 0 fully saturated rings. The second-order valence-corrected chi connectivity index (χ2v) is 4.20. The lowest BCUT2D eigenvalue weighted by Gasteiger charge is -2.17. The monoisotopic (exact) mass is 238 g/mol. The molecular weight excluding hydrogens is 216 g/mol. The Balaban J connectivity index is 2.70. The lowest BCUT2D eigenvalue weighted by Crippen LogP contribution is -2.30. The fourth-order valence-electron chi connectivity index (χ4n) is 1.75. The zero-order chi connectivity index (χ0) is 12.8. The van der Waals surface area contributed by atoms with E-state index in [1.807, 2.05) is 14.0 Å². The number of hydrogen-bond donors (Lipinski definition) is 1. The van der Waals surface area contributed by atoms with Crippen molar-refractivity contribution < 1.29 is 4.79 Å². The van der Waals surface area contributed by atoms with E-state index in [4.69, 9.17) is 5.73 Å². The minimum atomic E-state index is -0.0436. The van der Waals surface area contributed by atoms with Gasteiger partial charge in [-0.1, -0.05) is 19.8 Å². The van der Waals surface area contributed by atoms with Gasteiger partial charge in [-0.15, -0.1) is 0 Å². The molecule has 1 rings (SSSR count). The first-order valence-electron chi connectivity index (χ1n) is 6.18. The van der Waals surface area contributed by atoms with Crippen LogP contribution in [0.3, 0.4) is 0 Å². The third kappa shape index (κ3) is 3.22. The van der Waals surface area contributed by atoms with Gasteiger partial charge in [0.1, 0.15) is 5.69 Å². The number of rotatable bonds is 6. The van der Waals surface area contributed by atoms with Gasteiger partial charge < -0.3 is 10.6 Å². The van der Waals surface area contributed by atoms with Crippen molar-refractivity contribution in [2.75, 3.05) is 19.3 Å². The molecule has 0 unspecified atom stereocenters. The number of amides is 1. The predicted octanol–water partition coefficient (Wildman–Crippen LogP) is 1.75. The van der Waals surface area contributed by atoms with E-state index in [1.165, 1.54) is 6.20 Å². The van der Waals surface area contributed by atoms with Crippen LogP contribution >= 0.6 is 0 Å². The van der Waals surface area contributed by atoms with Gasteiger partial charge >= 0.3 is 0 Å². The maximum absolute atomic E-state index is 12.2. The lowest BCUT2D eigenvalue weighted by atomic mass is 10.2. The van der Waals surface area contributed by atoms with E-state index in [1.54, 1.807) is 9.58 Å². The Morgan fingerprint density at radius 1 is 1.47 bits per heavy atom. The average molecular weight is 238 g/mol. The van der Waals surface area contributed by atoms with Crippen LogP contribution < -0.4 is 5.73 Å². The third-order valence-corrected chi connectivity index (χ3v) is 2.81. The van der Waals surface area contributed by atoms with Crippen LogP contribution in [-0.4, -0.2) is 34.2 Å². The Morgan fingerprint density at radius 3 is 2.76 bits per heavy atom. The first-order valence-corrected chi connectivity index (χ1v) is 6.18. The molecule has 0 aliphatic heterocycles. The second kappa shape index (κ2) is 6.27. The summed E-state index contributed by atoms with van der Waals surface area (Å²) in [5.74, 6) is -0.0436. The topological polar surface area (TPSA) is 64.2 Å². The van der Waals surface area contributed by atoms with Crippen LogP contribution in [0.25, 0.3) is 0 Å². The van der Waals surface area contributed by atoms with Crippen LogP contribution in [0, 0.1) is 0 Å². The number of aromatic nitrogens is 2. The Bertz CT molecular complexity index is 373. The summed E-state index contributed by atoms with van der Waals surface area (Å²) in [5.41, 5.74) is 6.74. The minimum Gasteiger partial charge on any atom is -0.396 e. The zero-order valence-electron chi connectivity index (χ0n) is 10.9. The molecule has 0 aliphatic rings. The van der Waals surface area contributed by atoms with Crippen LogP contribution in [0.4, 0.5) is 5.69 Å². The largest absolute Gasteiger partial charge is 0.396 e. The molecule has 5 heteroatoms. The van der Waals surface area contributed by atoms with Crippen LogP contribution in [0.5, 0.6) is 0 Å². The molecule has 0 radical (unpaired) electrons. The van der Waals surface area contributed by atoms with Crippen LogP contribution in [0.15, 0.2) is 6.20 Å². The van der Waals surface area contributed by atoms with Gasteiger partial charge in [0, 0.05) is 20.1 Å². The second-order valence-electron chi connectivity index (χ2n) is 4.20. The first kappa shape index (κ1) is 13.5. The Hall–Kier alpha value is -1.52. The molecule has 0 saturated heterocycles. The van der Waals surface area contributed by atoms with Crippen LogP contribution in [-0.2, 0) is 6.54 Å². The standard InChI is InChI=1S/C12H22N4O/c1-4-6-7-8-15(3)12(17)11-10(13)9-14-16(11)5-2/h9H,4-8,13H2,1-3H3. The van der Waals surface area contributed by atoms with E-state index >= 15 is 0 Å². The predicted molar refractivity (Wildman–Crippen MR) is 68.8 cm³/mol. The van der Waals surface area contributed by atoms with E-state index in [2.05, 4.69) is 12.0 Å². The van der Waals surface area contributed by atoms with E-state index < -0.39 is 0 Å². The van der Waals surface area contributed by atoms with Crippen molar-refractivity contribution in [1.29, 1.82) is 0 Å². The van der Waals surface area contributed by atoms with Crippen molar-refractivity contribution in [2.24, 2.45) is 0 Å². The maximum atomic E-state index is 12.2. The van der Waals surface area contributed by atoms with Gasteiger partial charge in [0.05, 0.1) is 11.9 Å². The Morgan fingerprint density at radius 2 is 2.18 bits per heavy atom. The summed E-state index contributed by atoms with van der Waals surface area (Å²) in [6, 6.07) is 0. The number of carbonyl (C=O) groups is 1. The van der Waals surface area contributed by atoms with Crippen molar-refractivity contribution in [1.82, 2.24) is 14.7 Å². The number of anilines is 1. The van der Waals surface area contributed by atoms with Crippen molar-refractivity contribution >= 4 is 11.6 Å². The molecule has 2 N–H and O–H groups in total. The summed E-state index contributed by atoms with van der Waals surface area (Å²) >= 11 is 0. The van der Waals surface area contributed by atoms with Gasteiger partial charge in [-0.3, -0.25) is 9.48 Å². The molecule has 17 heavy (non-hydrogen) atoms.